The molecule has 2 aliphatic rings. The van der Waals surface area contributed by atoms with Gasteiger partial charge in [-0.1, -0.05) is 49.7 Å². The summed E-state index contributed by atoms with van der Waals surface area (Å²) in [5.74, 6) is -0.334. The Morgan fingerprint density at radius 2 is 1.71 bits per heavy atom. The number of ketones is 1. The van der Waals surface area contributed by atoms with Gasteiger partial charge in [0.25, 0.3) is 5.91 Å². The Labute approximate surface area is 183 Å². The third-order valence-electron chi connectivity index (χ3n) is 6.17. The van der Waals surface area contributed by atoms with Gasteiger partial charge in [0.05, 0.1) is 5.92 Å². The van der Waals surface area contributed by atoms with E-state index in [0.717, 1.165) is 29.0 Å². The molecular weight excluding hydrogens is 386 g/mol. The first-order valence-corrected chi connectivity index (χ1v) is 10.8. The first-order chi connectivity index (χ1) is 14.6. The molecule has 1 aromatic carbocycles. The van der Waals surface area contributed by atoms with E-state index in [2.05, 4.69) is 24.1 Å². The summed E-state index contributed by atoms with van der Waals surface area (Å²) in [6.45, 7) is 10.00. The van der Waals surface area contributed by atoms with Crippen LogP contribution in [-0.2, 0) is 9.59 Å². The summed E-state index contributed by atoms with van der Waals surface area (Å²) >= 11 is 0. The summed E-state index contributed by atoms with van der Waals surface area (Å²) in [7, 11) is 0. The Hall–Kier alpha value is -3.08. The summed E-state index contributed by atoms with van der Waals surface area (Å²) in [5, 5.41) is 2.93. The summed E-state index contributed by atoms with van der Waals surface area (Å²) in [5.41, 5.74) is 4.94. The van der Waals surface area contributed by atoms with E-state index in [4.69, 9.17) is 4.99 Å². The number of fused-ring (bicyclic) bond motifs is 1. The number of allylic oxidation sites excluding steroid dienone is 1. The number of carbonyl (C=O) groups is 2. The van der Waals surface area contributed by atoms with Crippen molar-refractivity contribution in [1.82, 2.24) is 4.98 Å². The fraction of sp³-hybridized carbons (Fsp3) is 0.385. The van der Waals surface area contributed by atoms with Crippen LogP contribution >= 0.6 is 0 Å². The molecule has 1 saturated carbocycles. The highest BCUT2D eigenvalue weighted by Crippen LogP contribution is 2.46. The molecule has 1 N–H and O–H groups in total. The number of rotatable bonds is 3. The highest BCUT2D eigenvalue weighted by Gasteiger charge is 2.47. The number of nitrogens with one attached hydrogen (secondary N) is 1. The van der Waals surface area contributed by atoms with Gasteiger partial charge in [-0.2, -0.15) is 0 Å². The third-order valence-corrected chi connectivity index (χ3v) is 6.17. The van der Waals surface area contributed by atoms with Gasteiger partial charge in [-0.05, 0) is 50.3 Å². The van der Waals surface area contributed by atoms with Crippen LogP contribution < -0.4 is 5.32 Å². The Balaban J connectivity index is 1.81. The van der Waals surface area contributed by atoms with Crippen LogP contribution in [0.15, 0.2) is 58.7 Å². The van der Waals surface area contributed by atoms with Gasteiger partial charge < -0.3 is 5.32 Å². The standard InChI is InChI=1S/C26H29N3O2/c1-15-9-11-18(12-10-15)23-22(25(31)29-21-8-6-7-16(2)27-21)17(3)28-19-13-26(4,5)14-20(30)24(19)23/h6-12,23-24H,13-14H2,1-5H3,(H,27,29,31)/t23-,24?/m0/s1. The topological polar surface area (TPSA) is 71.4 Å². The summed E-state index contributed by atoms with van der Waals surface area (Å²) in [6, 6.07) is 13.6. The van der Waals surface area contributed by atoms with Crippen LogP contribution in [-0.4, -0.2) is 22.4 Å². The van der Waals surface area contributed by atoms with E-state index in [1.165, 1.54) is 0 Å². The maximum atomic E-state index is 13.5. The average molecular weight is 416 g/mol. The summed E-state index contributed by atoms with van der Waals surface area (Å²) in [4.78, 5) is 36.0. The monoisotopic (exact) mass is 415 g/mol. The van der Waals surface area contributed by atoms with E-state index < -0.39 is 5.92 Å². The predicted octanol–water partition coefficient (Wildman–Crippen LogP) is 5.15. The van der Waals surface area contributed by atoms with Gasteiger partial charge in [-0.25, -0.2) is 4.98 Å². The normalized spacial score (nSPS) is 22.6. The van der Waals surface area contributed by atoms with Gasteiger partial charge in [0.2, 0.25) is 0 Å². The molecule has 0 spiro atoms. The minimum absolute atomic E-state index is 0.115. The largest absolute Gasteiger partial charge is 0.307 e. The lowest BCUT2D eigenvalue weighted by Gasteiger charge is -2.41. The van der Waals surface area contributed by atoms with Crippen LogP contribution in [0.1, 0.15) is 56.4 Å². The first-order valence-electron chi connectivity index (χ1n) is 10.8. The molecule has 1 unspecified atom stereocenters. The van der Waals surface area contributed by atoms with Crippen molar-refractivity contribution in [2.75, 3.05) is 5.32 Å². The van der Waals surface area contributed by atoms with Crippen LogP contribution in [0.5, 0.6) is 0 Å². The lowest BCUT2D eigenvalue weighted by Crippen LogP contribution is -2.44. The summed E-state index contributed by atoms with van der Waals surface area (Å²) < 4.78 is 0. The van der Waals surface area contributed by atoms with E-state index in [1.54, 1.807) is 6.07 Å². The number of amides is 1. The van der Waals surface area contributed by atoms with E-state index in [0.29, 0.717) is 23.5 Å². The number of benzene rings is 1. The third kappa shape index (κ3) is 4.22. The molecule has 1 aliphatic heterocycles. The number of nitrogens with zero attached hydrogens (tertiary/aromatic N) is 2. The van der Waals surface area contributed by atoms with Gasteiger partial charge in [-0.15, -0.1) is 0 Å². The van der Waals surface area contributed by atoms with Crippen LogP contribution in [0.25, 0.3) is 0 Å². The van der Waals surface area contributed by atoms with Crippen molar-refractivity contribution < 1.29 is 9.59 Å². The molecule has 1 aromatic heterocycles. The fourth-order valence-electron chi connectivity index (χ4n) is 4.82. The first kappa shape index (κ1) is 21.2. The van der Waals surface area contributed by atoms with Gasteiger partial charge in [-0.3, -0.25) is 14.6 Å². The quantitative estimate of drug-likeness (QED) is 0.753. The number of anilines is 1. The van der Waals surface area contributed by atoms with E-state index >= 15 is 0 Å². The number of aromatic nitrogens is 1. The van der Waals surface area contributed by atoms with Crippen molar-refractivity contribution in [3.8, 4) is 0 Å². The molecule has 0 saturated heterocycles. The number of carbonyl (C=O) groups excluding carboxylic acids is 2. The van der Waals surface area contributed by atoms with E-state index in [1.807, 2.05) is 57.2 Å². The van der Waals surface area contributed by atoms with Crippen molar-refractivity contribution in [2.24, 2.45) is 16.3 Å². The molecule has 31 heavy (non-hydrogen) atoms. The SMILES string of the molecule is CC1=C(C(=O)Nc2cccc(C)n2)[C@H](c2ccc(C)cc2)C2C(=O)CC(C)(C)CC2=N1. The minimum atomic E-state index is -0.398. The molecule has 5 heteroatoms. The highest BCUT2D eigenvalue weighted by molar-refractivity contribution is 6.14. The van der Waals surface area contributed by atoms with E-state index in [-0.39, 0.29) is 23.0 Å². The predicted molar refractivity (Wildman–Crippen MR) is 123 cm³/mol. The lowest BCUT2D eigenvalue weighted by molar-refractivity contribution is -0.124. The number of hydrogen-bond acceptors (Lipinski definition) is 4. The van der Waals surface area contributed by atoms with Gasteiger partial charge in [0.1, 0.15) is 11.6 Å². The Morgan fingerprint density at radius 3 is 2.39 bits per heavy atom. The van der Waals surface area contributed by atoms with Gasteiger partial charge in [0, 0.05) is 35.0 Å². The second-order valence-electron chi connectivity index (χ2n) is 9.57. The zero-order valence-corrected chi connectivity index (χ0v) is 18.8. The van der Waals surface area contributed by atoms with Crippen molar-refractivity contribution >= 4 is 23.2 Å². The smallest absolute Gasteiger partial charge is 0.255 e. The van der Waals surface area contributed by atoms with Gasteiger partial charge >= 0.3 is 0 Å². The Kier molecular flexibility index (Phi) is 5.38. The fourth-order valence-corrected chi connectivity index (χ4v) is 4.82. The number of hydrogen-bond donors (Lipinski definition) is 1. The molecule has 2 atom stereocenters. The number of aliphatic imine (C=N–C) groups is 1. The van der Waals surface area contributed by atoms with Crippen molar-refractivity contribution in [3.05, 3.63) is 70.6 Å². The second kappa shape index (κ2) is 7.88. The van der Waals surface area contributed by atoms with Crippen LogP contribution in [0.2, 0.25) is 0 Å². The zero-order chi connectivity index (χ0) is 22.3. The summed E-state index contributed by atoms with van der Waals surface area (Å²) in [6.07, 6.45) is 1.25. The van der Waals surface area contributed by atoms with E-state index in [9.17, 15) is 9.59 Å². The molecule has 1 fully saturated rings. The molecule has 2 heterocycles. The Bertz CT molecular complexity index is 1110. The van der Waals surface area contributed by atoms with Crippen molar-refractivity contribution in [1.29, 1.82) is 0 Å². The maximum Gasteiger partial charge on any atom is 0.255 e. The molecule has 1 aliphatic carbocycles. The maximum absolute atomic E-state index is 13.5. The number of Topliss-reactive ketones (excluding diaryl/α,β-unsaturated/α-hetero) is 1. The van der Waals surface area contributed by atoms with Crippen LogP contribution in [0, 0.1) is 25.2 Å². The minimum Gasteiger partial charge on any atom is -0.307 e. The van der Waals surface area contributed by atoms with Crippen LogP contribution in [0.3, 0.4) is 0 Å². The molecule has 0 bridgehead atoms. The molecule has 5 nitrogen and oxygen atoms in total. The average Bonchev–Trinajstić information content (AvgIpc) is 2.66. The number of aryl methyl sites for hydroxylation is 2. The van der Waals surface area contributed by atoms with Crippen molar-refractivity contribution in [2.45, 2.75) is 53.4 Å². The molecule has 4 rings (SSSR count). The molecule has 160 valence electrons. The second-order valence-corrected chi connectivity index (χ2v) is 9.57. The van der Waals surface area contributed by atoms with Crippen molar-refractivity contribution in [3.63, 3.8) is 0 Å². The number of pyridine rings is 1. The molecule has 2 aromatic rings. The van der Waals surface area contributed by atoms with Crippen LogP contribution in [0.4, 0.5) is 5.82 Å². The molecular formula is C26H29N3O2. The Morgan fingerprint density at radius 1 is 1.00 bits per heavy atom. The molecule has 0 radical (unpaired) electrons. The van der Waals surface area contributed by atoms with Gasteiger partial charge in [0.15, 0.2) is 0 Å². The highest BCUT2D eigenvalue weighted by atomic mass is 16.2. The lowest BCUT2D eigenvalue weighted by atomic mass is 9.63. The zero-order valence-electron chi connectivity index (χ0n) is 18.8. The molecule has 1 amide bonds.